The summed E-state index contributed by atoms with van der Waals surface area (Å²) < 4.78 is 0. The van der Waals surface area contributed by atoms with Crippen LogP contribution in [0.15, 0.2) is 0 Å². The molecule has 1 aliphatic rings. The molecule has 0 aliphatic heterocycles. The topological polar surface area (TPSA) is 0 Å². The maximum Gasteiger partial charge on any atom is 0.117 e. The van der Waals surface area contributed by atoms with Crippen molar-refractivity contribution >= 4 is 7.28 Å². The lowest BCUT2D eigenvalue weighted by Gasteiger charge is -2.23. The van der Waals surface area contributed by atoms with Crippen LogP contribution in [0.25, 0.3) is 0 Å². The summed E-state index contributed by atoms with van der Waals surface area (Å²) in [5.41, 5.74) is 0. The predicted molar refractivity (Wildman–Crippen MR) is 145 cm³/mol. The summed E-state index contributed by atoms with van der Waals surface area (Å²) in [6.07, 6.45) is 38.3. The van der Waals surface area contributed by atoms with Gasteiger partial charge in [-0.3, -0.25) is 0 Å². The van der Waals surface area contributed by atoms with E-state index < -0.39 is 0 Å². The minimum Gasteiger partial charge on any atom is -0.0686 e. The smallest absolute Gasteiger partial charge is 0.0686 e. The average molecular weight is 432 g/mol. The molecule has 0 aromatic rings. The summed E-state index contributed by atoms with van der Waals surface area (Å²) in [7, 11) is 2.90. The van der Waals surface area contributed by atoms with Gasteiger partial charge in [0.15, 0.2) is 0 Å². The molecule has 1 aliphatic carbocycles. The Morgan fingerprint density at radius 1 is 0.484 bits per heavy atom. The molecule has 31 heavy (non-hydrogen) atoms. The minimum atomic E-state index is 0.914. The fourth-order valence-corrected chi connectivity index (χ4v) is 5.66. The summed E-state index contributed by atoms with van der Waals surface area (Å²) in [5.74, 6) is 1.83. The van der Waals surface area contributed by atoms with E-state index in [9.17, 15) is 0 Å². The Labute approximate surface area is 199 Å². The second-order valence-electron chi connectivity index (χ2n) is 10.9. The minimum absolute atomic E-state index is 0.914. The quantitative estimate of drug-likeness (QED) is 0.179. The van der Waals surface area contributed by atoms with Crippen LogP contribution in [-0.4, -0.2) is 7.28 Å². The second-order valence-corrected chi connectivity index (χ2v) is 10.9. The molecule has 0 amide bonds. The van der Waals surface area contributed by atoms with Crippen molar-refractivity contribution in [1.29, 1.82) is 0 Å². The van der Waals surface area contributed by atoms with Crippen LogP contribution in [0, 0.1) is 0 Å². The van der Waals surface area contributed by atoms with E-state index >= 15 is 0 Å². The Morgan fingerprint density at radius 3 is 1.26 bits per heavy atom. The third-order valence-electron chi connectivity index (χ3n) is 7.80. The Hall–Kier alpha value is 0.0649. The first-order valence-corrected chi connectivity index (χ1v) is 15.2. The third-order valence-corrected chi connectivity index (χ3v) is 7.80. The molecule has 183 valence electrons. The Kier molecular flexibility index (Phi) is 21.8. The van der Waals surface area contributed by atoms with Gasteiger partial charge in [-0.25, -0.2) is 0 Å². The SMILES string of the molecule is CCCCCCCCC([B]C1CCCCCCCCCCCCC1)CCCCCCC. The van der Waals surface area contributed by atoms with Crippen molar-refractivity contribution in [2.45, 2.75) is 192 Å². The van der Waals surface area contributed by atoms with E-state index in [0.29, 0.717) is 0 Å². The zero-order valence-corrected chi connectivity index (χ0v) is 22.1. The first-order chi connectivity index (χ1) is 15.4. The molecule has 0 saturated heterocycles. The summed E-state index contributed by atoms with van der Waals surface area (Å²) in [6, 6.07) is 0. The molecule has 0 N–H and O–H groups in total. The molecular weight excluding hydrogens is 371 g/mol. The Balaban J connectivity index is 2.43. The summed E-state index contributed by atoms with van der Waals surface area (Å²) in [6.45, 7) is 4.66. The standard InChI is InChI=1S/C30H60B/c1-3-5-7-9-18-22-26-29(25-21-17-8-6-4-2)31-30-27-23-19-15-13-11-10-12-14-16-20-24-28-30/h29-30H,3-28H2,1-2H3. The van der Waals surface area contributed by atoms with Gasteiger partial charge in [-0.1, -0.05) is 192 Å². The van der Waals surface area contributed by atoms with Crippen LogP contribution >= 0.6 is 0 Å². The van der Waals surface area contributed by atoms with Crippen LogP contribution < -0.4 is 0 Å². The maximum absolute atomic E-state index is 2.90. The van der Waals surface area contributed by atoms with Crippen molar-refractivity contribution in [3.05, 3.63) is 0 Å². The molecule has 1 atom stereocenters. The van der Waals surface area contributed by atoms with Gasteiger partial charge in [-0.2, -0.15) is 0 Å². The predicted octanol–water partition coefficient (Wildman–Crippen LogP) is 11.5. The van der Waals surface area contributed by atoms with Crippen LogP contribution in [0.4, 0.5) is 0 Å². The third kappa shape index (κ3) is 19.3. The van der Waals surface area contributed by atoms with E-state index in [1.54, 1.807) is 0 Å². The van der Waals surface area contributed by atoms with E-state index in [1.165, 1.54) is 167 Å². The molecule has 1 heteroatoms. The Bertz CT molecular complexity index is 325. The largest absolute Gasteiger partial charge is 0.117 e. The number of rotatable bonds is 15. The highest BCUT2D eigenvalue weighted by Gasteiger charge is 2.18. The first kappa shape index (κ1) is 29.1. The first-order valence-electron chi connectivity index (χ1n) is 15.2. The fourth-order valence-electron chi connectivity index (χ4n) is 5.66. The van der Waals surface area contributed by atoms with Crippen LogP contribution in [0.2, 0.25) is 11.6 Å². The van der Waals surface area contributed by atoms with Crippen molar-refractivity contribution in [3.8, 4) is 0 Å². The van der Waals surface area contributed by atoms with Gasteiger partial charge in [0.2, 0.25) is 0 Å². The molecule has 1 rings (SSSR count). The monoisotopic (exact) mass is 431 g/mol. The molecule has 1 saturated carbocycles. The van der Waals surface area contributed by atoms with Gasteiger partial charge in [0.25, 0.3) is 0 Å². The highest BCUT2D eigenvalue weighted by atomic mass is 14.1. The molecule has 0 aromatic heterocycles. The van der Waals surface area contributed by atoms with E-state index in [4.69, 9.17) is 0 Å². The van der Waals surface area contributed by atoms with Gasteiger partial charge in [-0.15, -0.1) is 0 Å². The lowest BCUT2D eigenvalue weighted by molar-refractivity contribution is 0.494. The summed E-state index contributed by atoms with van der Waals surface area (Å²) in [4.78, 5) is 0. The van der Waals surface area contributed by atoms with E-state index in [2.05, 4.69) is 21.1 Å². The van der Waals surface area contributed by atoms with Crippen molar-refractivity contribution in [1.82, 2.24) is 0 Å². The van der Waals surface area contributed by atoms with Gasteiger partial charge in [-0.05, 0) is 0 Å². The Morgan fingerprint density at radius 2 is 0.839 bits per heavy atom. The highest BCUT2D eigenvalue weighted by molar-refractivity contribution is 6.39. The van der Waals surface area contributed by atoms with Crippen LogP contribution in [-0.2, 0) is 0 Å². The second kappa shape index (κ2) is 23.2. The summed E-state index contributed by atoms with van der Waals surface area (Å²) >= 11 is 0. The van der Waals surface area contributed by atoms with Gasteiger partial charge < -0.3 is 0 Å². The average Bonchev–Trinajstić information content (AvgIpc) is 2.78. The van der Waals surface area contributed by atoms with Crippen LogP contribution in [0.1, 0.15) is 181 Å². The fraction of sp³-hybridized carbons (Fsp3) is 1.00. The number of hydrogen-bond acceptors (Lipinski definition) is 0. The lowest BCUT2D eigenvalue weighted by Crippen LogP contribution is -2.13. The van der Waals surface area contributed by atoms with Crippen molar-refractivity contribution < 1.29 is 0 Å². The molecular formula is C30H60B. The molecule has 1 radical (unpaired) electrons. The summed E-state index contributed by atoms with van der Waals surface area (Å²) in [5, 5.41) is 0. The van der Waals surface area contributed by atoms with E-state index in [-0.39, 0.29) is 0 Å². The van der Waals surface area contributed by atoms with Gasteiger partial charge in [0, 0.05) is 0 Å². The van der Waals surface area contributed by atoms with Crippen LogP contribution in [0.3, 0.4) is 0 Å². The molecule has 0 nitrogen and oxygen atoms in total. The molecule has 0 heterocycles. The van der Waals surface area contributed by atoms with Crippen molar-refractivity contribution in [2.75, 3.05) is 0 Å². The van der Waals surface area contributed by atoms with Gasteiger partial charge >= 0.3 is 0 Å². The zero-order chi connectivity index (χ0) is 22.2. The maximum atomic E-state index is 2.90. The van der Waals surface area contributed by atoms with E-state index in [0.717, 1.165) is 11.6 Å². The highest BCUT2D eigenvalue weighted by Crippen LogP contribution is 2.32. The lowest BCUT2D eigenvalue weighted by atomic mass is 9.50. The molecule has 0 bridgehead atoms. The normalized spacial score (nSPS) is 19.0. The number of unbranched alkanes of at least 4 members (excludes halogenated alkanes) is 9. The van der Waals surface area contributed by atoms with Gasteiger partial charge in [0.1, 0.15) is 7.28 Å². The number of hydrogen-bond donors (Lipinski definition) is 0. The molecule has 0 aromatic carbocycles. The van der Waals surface area contributed by atoms with Crippen molar-refractivity contribution in [2.24, 2.45) is 0 Å². The van der Waals surface area contributed by atoms with Crippen molar-refractivity contribution in [3.63, 3.8) is 0 Å². The molecule has 1 unspecified atom stereocenters. The molecule has 1 fully saturated rings. The van der Waals surface area contributed by atoms with Crippen LogP contribution in [0.5, 0.6) is 0 Å². The van der Waals surface area contributed by atoms with Gasteiger partial charge in [0.05, 0.1) is 0 Å². The molecule has 0 spiro atoms. The zero-order valence-electron chi connectivity index (χ0n) is 22.1. The van der Waals surface area contributed by atoms with E-state index in [1.807, 2.05) is 0 Å².